The molecular formula is C14H7Br3N2S. The molecule has 0 bridgehead atoms. The van der Waals surface area contributed by atoms with E-state index in [0.717, 1.165) is 35.4 Å². The van der Waals surface area contributed by atoms with Gasteiger partial charge in [-0.2, -0.15) is 0 Å². The van der Waals surface area contributed by atoms with Gasteiger partial charge in [0.25, 0.3) is 0 Å². The number of aromatic nitrogens is 2. The minimum absolute atomic E-state index is 0.861. The van der Waals surface area contributed by atoms with Crippen LogP contribution in [0.4, 0.5) is 0 Å². The molecule has 20 heavy (non-hydrogen) atoms. The SMILES string of the molecule is Brc1cccc(-c2csc(-c3ncc(Br)cc3Br)n2)c1. The maximum Gasteiger partial charge on any atom is 0.143 e. The number of halogens is 3. The average molecular weight is 475 g/mol. The van der Waals surface area contributed by atoms with Gasteiger partial charge in [0.1, 0.15) is 10.7 Å². The van der Waals surface area contributed by atoms with Gasteiger partial charge in [0.2, 0.25) is 0 Å². The molecule has 0 spiro atoms. The lowest BCUT2D eigenvalue weighted by atomic mass is 10.2. The zero-order valence-corrected chi connectivity index (χ0v) is 15.6. The van der Waals surface area contributed by atoms with E-state index >= 15 is 0 Å². The lowest BCUT2D eigenvalue weighted by Gasteiger charge is -2.00. The summed E-state index contributed by atoms with van der Waals surface area (Å²) in [5.74, 6) is 0. The highest BCUT2D eigenvalue weighted by Gasteiger charge is 2.11. The first-order chi connectivity index (χ1) is 9.63. The molecular weight excluding hydrogens is 468 g/mol. The van der Waals surface area contributed by atoms with Gasteiger partial charge in [-0.05, 0) is 50.1 Å². The smallest absolute Gasteiger partial charge is 0.143 e. The van der Waals surface area contributed by atoms with Crippen molar-refractivity contribution in [1.82, 2.24) is 9.97 Å². The minimum Gasteiger partial charge on any atom is -0.251 e. The first kappa shape index (κ1) is 14.4. The number of hydrogen-bond acceptors (Lipinski definition) is 3. The molecule has 0 radical (unpaired) electrons. The normalized spacial score (nSPS) is 10.8. The molecule has 0 aliphatic heterocycles. The van der Waals surface area contributed by atoms with Crippen molar-refractivity contribution in [3.05, 3.63) is 55.3 Å². The molecule has 0 saturated carbocycles. The number of benzene rings is 1. The van der Waals surface area contributed by atoms with E-state index in [1.165, 1.54) is 0 Å². The second-order valence-corrected chi connectivity index (χ2v) is 7.58. The third-order valence-electron chi connectivity index (χ3n) is 2.63. The Morgan fingerprint density at radius 1 is 1.00 bits per heavy atom. The highest BCUT2D eigenvalue weighted by molar-refractivity contribution is 9.11. The van der Waals surface area contributed by atoms with E-state index in [4.69, 9.17) is 0 Å². The van der Waals surface area contributed by atoms with Gasteiger partial charge in [-0.25, -0.2) is 4.98 Å². The fourth-order valence-corrected chi connectivity index (χ4v) is 4.28. The molecule has 0 amide bonds. The monoisotopic (exact) mass is 472 g/mol. The summed E-state index contributed by atoms with van der Waals surface area (Å²) >= 11 is 12.0. The van der Waals surface area contributed by atoms with Gasteiger partial charge >= 0.3 is 0 Å². The van der Waals surface area contributed by atoms with Crippen molar-refractivity contribution in [3.63, 3.8) is 0 Å². The highest BCUT2D eigenvalue weighted by atomic mass is 79.9. The van der Waals surface area contributed by atoms with Crippen LogP contribution in [-0.2, 0) is 0 Å². The van der Waals surface area contributed by atoms with Crippen LogP contribution in [0.3, 0.4) is 0 Å². The van der Waals surface area contributed by atoms with Gasteiger partial charge in [0.15, 0.2) is 0 Å². The van der Waals surface area contributed by atoms with Crippen LogP contribution in [0.2, 0.25) is 0 Å². The molecule has 0 N–H and O–H groups in total. The van der Waals surface area contributed by atoms with Crippen LogP contribution in [0.25, 0.3) is 22.0 Å². The Labute approximate surface area is 145 Å². The van der Waals surface area contributed by atoms with E-state index < -0.39 is 0 Å². The van der Waals surface area contributed by atoms with Crippen LogP contribution >= 0.6 is 59.1 Å². The van der Waals surface area contributed by atoms with E-state index in [-0.39, 0.29) is 0 Å². The molecule has 6 heteroatoms. The minimum atomic E-state index is 0.861. The Morgan fingerprint density at radius 3 is 2.60 bits per heavy atom. The predicted octanol–water partition coefficient (Wildman–Crippen LogP) is 6.16. The van der Waals surface area contributed by atoms with Crippen molar-refractivity contribution in [2.75, 3.05) is 0 Å². The van der Waals surface area contributed by atoms with E-state index in [9.17, 15) is 0 Å². The second-order valence-electron chi connectivity index (χ2n) is 4.03. The number of hydrogen-bond donors (Lipinski definition) is 0. The van der Waals surface area contributed by atoms with E-state index in [2.05, 4.69) is 63.8 Å². The number of nitrogens with zero attached hydrogens (tertiary/aromatic N) is 2. The summed E-state index contributed by atoms with van der Waals surface area (Å²) in [6, 6.07) is 10.1. The molecule has 0 unspecified atom stereocenters. The molecule has 1 aromatic carbocycles. The average Bonchev–Trinajstić information content (AvgIpc) is 2.88. The van der Waals surface area contributed by atoms with Gasteiger partial charge in [0, 0.05) is 30.6 Å². The Balaban J connectivity index is 2.02. The molecule has 3 aromatic rings. The molecule has 0 fully saturated rings. The Kier molecular flexibility index (Phi) is 4.35. The quantitative estimate of drug-likeness (QED) is 0.444. The van der Waals surface area contributed by atoms with Crippen LogP contribution in [0.15, 0.2) is 55.3 Å². The summed E-state index contributed by atoms with van der Waals surface area (Å²) in [6.07, 6.45) is 1.78. The molecule has 2 aromatic heterocycles. The van der Waals surface area contributed by atoms with Crippen LogP contribution in [-0.4, -0.2) is 9.97 Å². The van der Waals surface area contributed by atoms with Crippen LogP contribution in [0.5, 0.6) is 0 Å². The molecule has 0 aliphatic carbocycles. The third-order valence-corrected chi connectivity index (χ3v) is 5.02. The summed E-state index contributed by atoms with van der Waals surface area (Å²) < 4.78 is 2.92. The lowest BCUT2D eigenvalue weighted by molar-refractivity contribution is 1.26. The van der Waals surface area contributed by atoms with Crippen molar-refractivity contribution in [3.8, 4) is 22.0 Å². The van der Waals surface area contributed by atoms with Crippen molar-refractivity contribution < 1.29 is 0 Å². The standard InChI is InChI=1S/C14H7Br3N2S/c15-9-3-1-2-8(4-9)12-7-20-14(19-12)13-11(17)5-10(16)6-18-13/h1-7H. The van der Waals surface area contributed by atoms with Crippen LogP contribution < -0.4 is 0 Å². The van der Waals surface area contributed by atoms with Crippen molar-refractivity contribution >= 4 is 59.1 Å². The molecule has 2 heterocycles. The fourth-order valence-electron chi connectivity index (χ4n) is 1.73. The first-order valence-electron chi connectivity index (χ1n) is 5.66. The van der Waals surface area contributed by atoms with Crippen molar-refractivity contribution in [2.45, 2.75) is 0 Å². The molecule has 0 saturated heterocycles. The number of pyridine rings is 1. The fraction of sp³-hybridized carbons (Fsp3) is 0. The van der Waals surface area contributed by atoms with Crippen molar-refractivity contribution in [2.24, 2.45) is 0 Å². The predicted molar refractivity (Wildman–Crippen MR) is 93.9 cm³/mol. The lowest BCUT2D eigenvalue weighted by Crippen LogP contribution is -1.85. The Bertz CT molecular complexity index is 771. The van der Waals surface area contributed by atoms with E-state index in [1.54, 1.807) is 17.5 Å². The van der Waals surface area contributed by atoms with Gasteiger partial charge in [-0.1, -0.05) is 28.1 Å². The summed E-state index contributed by atoms with van der Waals surface area (Å²) in [5, 5.41) is 2.95. The molecule has 100 valence electrons. The van der Waals surface area contributed by atoms with Crippen LogP contribution in [0, 0.1) is 0 Å². The first-order valence-corrected chi connectivity index (χ1v) is 8.92. The summed E-state index contributed by atoms with van der Waals surface area (Å²) in [6.45, 7) is 0. The maximum absolute atomic E-state index is 4.67. The molecule has 3 rings (SSSR count). The highest BCUT2D eigenvalue weighted by Crippen LogP contribution is 2.33. The summed E-state index contributed by atoms with van der Waals surface area (Å²) in [7, 11) is 0. The van der Waals surface area contributed by atoms with Gasteiger partial charge in [0.05, 0.1) is 5.69 Å². The van der Waals surface area contributed by atoms with Gasteiger partial charge in [-0.3, -0.25) is 4.98 Å². The molecule has 2 nitrogen and oxygen atoms in total. The van der Waals surface area contributed by atoms with Gasteiger partial charge in [-0.15, -0.1) is 11.3 Å². The van der Waals surface area contributed by atoms with E-state index in [0.29, 0.717) is 0 Å². The van der Waals surface area contributed by atoms with Gasteiger partial charge < -0.3 is 0 Å². The Morgan fingerprint density at radius 2 is 1.85 bits per heavy atom. The second kappa shape index (κ2) is 6.05. The topological polar surface area (TPSA) is 25.8 Å². The third kappa shape index (κ3) is 3.03. The van der Waals surface area contributed by atoms with Crippen molar-refractivity contribution in [1.29, 1.82) is 0 Å². The number of rotatable bonds is 2. The molecule has 0 aliphatic rings. The van der Waals surface area contributed by atoms with Crippen LogP contribution in [0.1, 0.15) is 0 Å². The summed E-state index contributed by atoms with van der Waals surface area (Å²) in [5.41, 5.74) is 2.91. The number of thiazole rings is 1. The zero-order chi connectivity index (χ0) is 14.1. The Hall–Kier alpha value is -0.560. The largest absolute Gasteiger partial charge is 0.251 e. The zero-order valence-electron chi connectivity index (χ0n) is 9.98. The maximum atomic E-state index is 4.67. The summed E-state index contributed by atoms with van der Waals surface area (Å²) in [4.78, 5) is 9.09. The van der Waals surface area contributed by atoms with E-state index in [1.807, 2.05) is 29.6 Å². The molecule has 0 atom stereocenters.